The summed E-state index contributed by atoms with van der Waals surface area (Å²) in [6, 6.07) is 6.79. The molecule has 0 aliphatic rings. The SMILES string of the molecule is CCCCC(CCC(Br)CC)c1ccsc1-c1cccs1. The summed E-state index contributed by atoms with van der Waals surface area (Å²) in [5.41, 5.74) is 1.59. The van der Waals surface area contributed by atoms with Crippen LogP contribution in [0.5, 0.6) is 0 Å². The van der Waals surface area contributed by atoms with E-state index in [1.807, 2.05) is 22.7 Å². The number of hydrogen-bond donors (Lipinski definition) is 0. The van der Waals surface area contributed by atoms with Crippen molar-refractivity contribution in [1.29, 1.82) is 0 Å². The molecule has 0 bridgehead atoms. The number of unbranched alkanes of at least 4 members (excludes halogenated alkanes) is 1. The summed E-state index contributed by atoms with van der Waals surface area (Å²) < 4.78 is 0. The van der Waals surface area contributed by atoms with Crippen LogP contribution >= 0.6 is 38.6 Å². The Morgan fingerprint density at radius 3 is 2.57 bits per heavy atom. The summed E-state index contributed by atoms with van der Waals surface area (Å²) in [7, 11) is 0. The van der Waals surface area contributed by atoms with Gasteiger partial charge in [0.05, 0.1) is 0 Å². The molecule has 0 spiro atoms. The molecule has 0 aliphatic heterocycles. The lowest BCUT2D eigenvalue weighted by Gasteiger charge is -2.19. The Balaban J connectivity index is 2.14. The molecular formula is C18H25BrS2. The van der Waals surface area contributed by atoms with Crippen LogP contribution in [0.1, 0.15) is 63.9 Å². The molecule has 0 saturated heterocycles. The normalized spacial score (nSPS) is 14.2. The highest BCUT2D eigenvalue weighted by molar-refractivity contribution is 9.09. The minimum absolute atomic E-state index is 0.672. The average molecular weight is 385 g/mol. The van der Waals surface area contributed by atoms with Gasteiger partial charge in [0.15, 0.2) is 0 Å². The highest BCUT2D eigenvalue weighted by atomic mass is 79.9. The van der Waals surface area contributed by atoms with Crippen LogP contribution in [0.15, 0.2) is 29.0 Å². The Morgan fingerprint density at radius 2 is 1.90 bits per heavy atom. The Bertz CT molecular complexity index is 501. The highest BCUT2D eigenvalue weighted by Gasteiger charge is 2.18. The van der Waals surface area contributed by atoms with Crippen molar-refractivity contribution in [2.45, 2.75) is 63.1 Å². The minimum Gasteiger partial charge on any atom is -0.143 e. The van der Waals surface area contributed by atoms with E-state index in [0.29, 0.717) is 4.83 Å². The fourth-order valence-corrected chi connectivity index (χ4v) is 4.89. The maximum absolute atomic E-state index is 3.80. The first kappa shape index (κ1) is 17.2. The predicted octanol–water partition coefficient (Wildman–Crippen LogP) is 7.70. The van der Waals surface area contributed by atoms with Gasteiger partial charge < -0.3 is 0 Å². The predicted molar refractivity (Wildman–Crippen MR) is 102 cm³/mol. The Hall–Kier alpha value is -0.120. The van der Waals surface area contributed by atoms with Crippen LogP contribution in [0.25, 0.3) is 9.75 Å². The molecule has 2 heterocycles. The molecule has 0 aliphatic carbocycles. The van der Waals surface area contributed by atoms with Crippen LogP contribution in [-0.2, 0) is 0 Å². The van der Waals surface area contributed by atoms with Gasteiger partial charge in [0, 0.05) is 14.6 Å². The van der Waals surface area contributed by atoms with Gasteiger partial charge in [-0.1, -0.05) is 48.7 Å². The van der Waals surface area contributed by atoms with Crippen molar-refractivity contribution in [3.05, 3.63) is 34.5 Å². The smallest absolute Gasteiger partial charge is 0.0477 e. The van der Waals surface area contributed by atoms with Gasteiger partial charge in [-0.25, -0.2) is 0 Å². The van der Waals surface area contributed by atoms with E-state index in [4.69, 9.17) is 0 Å². The molecule has 2 aromatic rings. The Kier molecular flexibility index (Phi) is 7.48. The van der Waals surface area contributed by atoms with Crippen LogP contribution in [-0.4, -0.2) is 4.83 Å². The molecule has 0 fully saturated rings. The lowest BCUT2D eigenvalue weighted by Crippen LogP contribution is -2.04. The zero-order valence-corrected chi connectivity index (χ0v) is 16.2. The molecule has 2 atom stereocenters. The number of rotatable bonds is 9. The molecule has 2 unspecified atom stereocenters. The summed E-state index contributed by atoms with van der Waals surface area (Å²) in [6.07, 6.45) is 7.77. The van der Waals surface area contributed by atoms with Gasteiger partial charge in [-0.05, 0) is 60.1 Å². The van der Waals surface area contributed by atoms with Crippen LogP contribution in [0, 0.1) is 0 Å². The van der Waals surface area contributed by atoms with E-state index in [2.05, 4.69) is 58.7 Å². The maximum Gasteiger partial charge on any atom is 0.0477 e. The summed E-state index contributed by atoms with van der Waals surface area (Å²) in [5, 5.41) is 4.46. The van der Waals surface area contributed by atoms with Gasteiger partial charge in [0.1, 0.15) is 0 Å². The van der Waals surface area contributed by atoms with Crippen molar-refractivity contribution in [3.8, 4) is 9.75 Å². The monoisotopic (exact) mass is 384 g/mol. The molecule has 2 aromatic heterocycles. The van der Waals surface area contributed by atoms with Crippen molar-refractivity contribution in [2.75, 3.05) is 0 Å². The van der Waals surface area contributed by atoms with Gasteiger partial charge >= 0.3 is 0 Å². The lowest BCUT2D eigenvalue weighted by atomic mass is 9.89. The Labute approximate surface area is 145 Å². The summed E-state index contributed by atoms with van der Waals surface area (Å²) >= 11 is 7.57. The highest BCUT2D eigenvalue weighted by Crippen LogP contribution is 2.40. The zero-order valence-electron chi connectivity index (χ0n) is 13.0. The first-order valence-electron chi connectivity index (χ1n) is 8.01. The van der Waals surface area contributed by atoms with E-state index in [-0.39, 0.29) is 0 Å². The average Bonchev–Trinajstić information content (AvgIpc) is 3.17. The van der Waals surface area contributed by atoms with E-state index in [9.17, 15) is 0 Å². The lowest BCUT2D eigenvalue weighted by molar-refractivity contribution is 0.523. The van der Waals surface area contributed by atoms with E-state index >= 15 is 0 Å². The molecule has 0 N–H and O–H groups in total. The van der Waals surface area contributed by atoms with Crippen LogP contribution in [0.3, 0.4) is 0 Å². The second-order valence-electron chi connectivity index (χ2n) is 5.60. The number of thiophene rings is 2. The molecule has 0 aromatic carbocycles. The second kappa shape index (κ2) is 9.12. The third-order valence-electron chi connectivity index (χ3n) is 4.06. The van der Waals surface area contributed by atoms with Gasteiger partial charge in [0.2, 0.25) is 0 Å². The van der Waals surface area contributed by atoms with Crippen molar-refractivity contribution >= 4 is 38.6 Å². The first-order chi connectivity index (χ1) is 10.3. The Morgan fingerprint density at radius 1 is 1.05 bits per heavy atom. The fourth-order valence-electron chi connectivity index (χ4n) is 2.74. The molecule has 0 nitrogen and oxygen atoms in total. The number of hydrogen-bond acceptors (Lipinski definition) is 2. The molecule has 116 valence electrons. The fraction of sp³-hybridized carbons (Fsp3) is 0.556. The summed E-state index contributed by atoms with van der Waals surface area (Å²) in [4.78, 5) is 3.62. The third kappa shape index (κ3) is 4.94. The molecule has 2 rings (SSSR count). The third-order valence-corrected chi connectivity index (χ3v) is 7.14. The van der Waals surface area contributed by atoms with Crippen molar-refractivity contribution in [3.63, 3.8) is 0 Å². The van der Waals surface area contributed by atoms with Crippen molar-refractivity contribution in [1.82, 2.24) is 0 Å². The molecule has 3 heteroatoms. The minimum atomic E-state index is 0.672. The molecular weight excluding hydrogens is 360 g/mol. The van der Waals surface area contributed by atoms with E-state index in [1.165, 1.54) is 48.3 Å². The standard InChI is InChI=1S/C18H25BrS2/c1-3-5-7-14(9-10-15(19)4-2)16-11-13-21-18(16)17-8-6-12-20-17/h6,8,11-15H,3-5,7,9-10H2,1-2H3. The summed E-state index contributed by atoms with van der Waals surface area (Å²) in [5.74, 6) is 0.722. The summed E-state index contributed by atoms with van der Waals surface area (Å²) in [6.45, 7) is 4.56. The van der Waals surface area contributed by atoms with Crippen LogP contribution < -0.4 is 0 Å². The number of halogens is 1. The topological polar surface area (TPSA) is 0 Å². The van der Waals surface area contributed by atoms with Gasteiger partial charge in [-0.3, -0.25) is 0 Å². The van der Waals surface area contributed by atoms with Gasteiger partial charge in [-0.2, -0.15) is 0 Å². The second-order valence-corrected chi connectivity index (χ2v) is 8.76. The molecule has 0 saturated carbocycles. The van der Waals surface area contributed by atoms with Crippen molar-refractivity contribution < 1.29 is 0 Å². The van der Waals surface area contributed by atoms with Crippen LogP contribution in [0.4, 0.5) is 0 Å². The van der Waals surface area contributed by atoms with E-state index < -0.39 is 0 Å². The van der Waals surface area contributed by atoms with Crippen LogP contribution in [0.2, 0.25) is 0 Å². The molecule has 21 heavy (non-hydrogen) atoms. The van der Waals surface area contributed by atoms with Gasteiger partial charge in [-0.15, -0.1) is 22.7 Å². The van der Waals surface area contributed by atoms with E-state index in [1.54, 1.807) is 5.56 Å². The number of alkyl halides is 1. The quantitative estimate of drug-likeness (QED) is 0.388. The molecule has 0 radical (unpaired) electrons. The largest absolute Gasteiger partial charge is 0.143 e. The first-order valence-corrected chi connectivity index (χ1v) is 10.7. The van der Waals surface area contributed by atoms with Gasteiger partial charge in [0.25, 0.3) is 0 Å². The molecule has 0 amide bonds. The van der Waals surface area contributed by atoms with Crippen molar-refractivity contribution in [2.24, 2.45) is 0 Å². The maximum atomic E-state index is 3.80. The van der Waals surface area contributed by atoms with E-state index in [0.717, 1.165) is 5.92 Å². The zero-order chi connectivity index (χ0) is 15.1.